The zero-order valence-corrected chi connectivity index (χ0v) is 12.6. The van der Waals surface area contributed by atoms with Gasteiger partial charge in [0, 0.05) is 24.7 Å². The molecule has 0 saturated carbocycles. The van der Waals surface area contributed by atoms with Gasteiger partial charge in [-0.25, -0.2) is 0 Å². The van der Waals surface area contributed by atoms with Crippen LogP contribution >= 0.6 is 11.6 Å². The van der Waals surface area contributed by atoms with E-state index in [0.717, 1.165) is 5.56 Å². The first kappa shape index (κ1) is 15.2. The van der Waals surface area contributed by atoms with Crippen LogP contribution in [0.25, 0.3) is 0 Å². The van der Waals surface area contributed by atoms with Crippen molar-refractivity contribution in [1.29, 1.82) is 0 Å². The molecule has 0 fully saturated rings. The van der Waals surface area contributed by atoms with Crippen molar-refractivity contribution in [3.63, 3.8) is 0 Å². The van der Waals surface area contributed by atoms with Crippen molar-refractivity contribution < 1.29 is 14.6 Å². The summed E-state index contributed by atoms with van der Waals surface area (Å²) in [4.78, 5) is 13.9. The molecule has 0 aromatic heterocycles. The van der Waals surface area contributed by atoms with Crippen LogP contribution in [0.3, 0.4) is 0 Å². The standard InChI is InChI=1S/C16H16ClNO3/c1-18(10-11-4-3-5-12(17)8-11)16(20)14-7-6-13(21-2)9-15(14)19/h3-9,19H,10H2,1-2H3. The van der Waals surface area contributed by atoms with Crippen LogP contribution in [0.4, 0.5) is 0 Å². The van der Waals surface area contributed by atoms with Crippen LogP contribution in [-0.2, 0) is 6.54 Å². The molecule has 0 atom stereocenters. The van der Waals surface area contributed by atoms with Gasteiger partial charge < -0.3 is 14.7 Å². The summed E-state index contributed by atoms with van der Waals surface area (Å²) in [5.74, 6) is 0.133. The van der Waals surface area contributed by atoms with Crippen LogP contribution in [0.2, 0.25) is 5.02 Å². The molecule has 0 aliphatic rings. The van der Waals surface area contributed by atoms with E-state index in [1.54, 1.807) is 31.3 Å². The van der Waals surface area contributed by atoms with Gasteiger partial charge in [-0.1, -0.05) is 23.7 Å². The first-order chi connectivity index (χ1) is 10.0. The number of carbonyl (C=O) groups is 1. The van der Waals surface area contributed by atoms with E-state index in [1.165, 1.54) is 18.1 Å². The molecule has 1 N–H and O–H groups in total. The largest absolute Gasteiger partial charge is 0.507 e. The van der Waals surface area contributed by atoms with Gasteiger partial charge in [0.1, 0.15) is 11.5 Å². The van der Waals surface area contributed by atoms with Crippen molar-refractivity contribution in [1.82, 2.24) is 4.90 Å². The normalized spacial score (nSPS) is 10.2. The van der Waals surface area contributed by atoms with Crippen molar-refractivity contribution in [2.24, 2.45) is 0 Å². The van der Waals surface area contributed by atoms with Gasteiger partial charge in [0.2, 0.25) is 0 Å². The molecule has 1 amide bonds. The molecule has 2 aromatic rings. The van der Waals surface area contributed by atoms with Crippen molar-refractivity contribution >= 4 is 17.5 Å². The Morgan fingerprint density at radius 1 is 1.29 bits per heavy atom. The lowest BCUT2D eigenvalue weighted by Gasteiger charge is -2.18. The fourth-order valence-electron chi connectivity index (χ4n) is 2.01. The number of benzene rings is 2. The molecule has 2 rings (SSSR count). The number of aromatic hydroxyl groups is 1. The maximum absolute atomic E-state index is 12.3. The molecule has 0 bridgehead atoms. The lowest BCUT2D eigenvalue weighted by Crippen LogP contribution is -2.26. The van der Waals surface area contributed by atoms with Crippen molar-refractivity contribution in [2.75, 3.05) is 14.2 Å². The second kappa shape index (κ2) is 6.50. The summed E-state index contributed by atoms with van der Waals surface area (Å²) in [5, 5.41) is 10.5. The molecule has 0 saturated heterocycles. The molecule has 0 unspecified atom stereocenters. The molecule has 2 aromatic carbocycles. The molecule has 0 radical (unpaired) electrons. The van der Waals surface area contributed by atoms with Crippen LogP contribution in [0.15, 0.2) is 42.5 Å². The van der Waals surface area contributed by atoms with E-state index in [1.807, 2.05) is 12.1 Å². The van der Waals surface area contributed by atoms with Gasteiger partial charge in [0.15, 0.2) is 0 Å². The smallest absolute Gasteiger partial charge is 0.257 e. The molecule has 0 heterocycles. The second-order valence-electron chi connectivity index (χ2n) is 4.67. The minimum Gasteiger partial charge on any atom is -0.507 e. The maximum Gasteiger partial charge on any atom is 0.257 e. The summed E-state index contributed by atoms with van der Waals surface area (Å²) in [6.07, 6.45) is 0. The Balaban J connectivity index is 2.15. The van der Waals surface area contributed by atoms with Crippen LogP contribution in [0, 0.1) is 0 Å². The SMILES string of the molecule is COc1ccc(C(=O)N(C)Cc2cccc(Cl)c2)c(O)c1. The van der Waals surface area contributed by atoms with Crippen LogP contribution in [0.5, 0.6) is 11.5 Å². The second-order valence-corrected chi connectivity index (χ2v) is 5.11. The molecule has 0 spiro atoms. The van der Waals surface area contributed by atoms with Gasteiger partial charge in [-0.2, -0.15) is 0 Å². The van der Waals surface area contributed by atoms with E-state index in [-0.39, 0.29) is 17.2 Å². The minimum absolute atomic E-state index is 0.0997. The Morgan fingerprint density at radius 2 is 2.05 bits per heavy atom. The summed E-state index contributed by atoms with van der Waals surface area (Å²) in [6, 6.07) is 11.9. The predicted molar refractivity (Wildman–Crippen MR) is 81.9 cm³/mol. The average molecular weight is 306 g/mol. The van der Waals surface area contributed by atoms with Crippen LogP contribution in [0.1, 0.15) is 15.9 Å². The summed E-state index contributed by atoms with van der Waals surface area (Å²) in [6.45, 7) is 0.408. The zero-order valence-electron chi connectivity index (χ0n) is 11.8. The number of nitrogens with zero attached hydrogens (tertiary/aromatic N) is 1. The quantitative estimate of drug-likeness (QED) is 0.942. The number of methoxy groups -OCH3 is 1. The number of carbonyl (C=O) groups excluding carboxylic acids is 1. The van der Waals surface area contributed by atoms with Crippen molar-refractivity contribution in [3.8, 4) is 11.5 Å². The third-order valence-corrected chi connectivity index (χ3v) is 3.33. The monoisotopic (exact) mass is 305 g/mol. The lowest BCUT2D eigenvalue weighted by atomic mass is 10.1. The minimum atomic E-state index is -0.268. The summed E-state index contributed by atoms with van der Waals surface area (Å²) >= 11 is 5.93. The summed E-state index contributed by atoms with van der Waals surface area (Å²) in [5.41, 5.74) is 1.16. The van der Waals surface area contributed by atoms with Gasteiger partial charge in [-0.05, 0) is 29.8 Å². The number of hydrogen-bond donors (Lipinski definition) is 1. The third kappa shape index (κ3) is 3.67. The molecule has 0 aliphatic carbocycles. The number of phenols is 1. The lowest BCUT2D eigenvalue weighted by molar-refractivity contribution is 0.0782. The van der Waals surface area contributed by atoms with Gasteiger partial charge >= 0.3 is 0 Å². The van der Waals surface area contributed by atoms with Crippen molar-refractivity contribution in [3.05, 3.63) is 58.6 Å². The number of phenolic OH excluding ortho intramolecular Hbond substituents is 1. The molecule has 5 heteroatoms. The van der Waals surface area contributed by atoms with E-state index in [0.29, 0.717) is 17.3 Å². The van der Waals surface area contributed by atoms with Crippen LogP contribution < -0.4 is 4.74 Å². The van der Waals surface area contributed by atoms with Gasteiger partial charge in [-0.15, -0.1) is 0 Å². The molecular formula is C16H16ClNO3. The third-order valence-electron chi connectivity index (χ3n) is 3.09. The number of hydrogen-bond acceptors (Lipinski definition) is 3. The van der Waals surface area contributed by atoms with Gasteiger partial charge in [-0.3, -0.25) is 4.79 Å². The van der Waals surface area contributed by atoms with Gasteiger partial charge in [0.25, 0.3) is 5.91 Å². The first-order valence-electron chi connectivity index (χ1n) is 6.38. The topological polar surface area (TPSA) is 49.8 Å². The molecule has 21 heavy (non-hydrogen) atoms. The highest BCUT2D eigenvalue weighted by Crippen LogP contribution is 2.25. The Morgan fingerprint density at radius 3 is 2.67 bits per heavy atom. The highest BCUT2D eigenvalue weighted by molar-refractivity contribution is 6.30. The molecule has 110 valence electrons. The maximum atomic E-state index is 12.3. The predicted octanol–water partition coefficient (Wildman–Crippen LogP) is 3.33. The number of halogens is 1. The molecule has 4 nitrogen and oxygen atoms in total. The van der Waals surface area contributed by atoms with E-state index in [4.69, 9.17) is 16.3 Å². The Kier molecular flexibility index (Phi) is 4.70. The highest BCUT2D eigenvalue weighted by atomic mass is 35.5. The van der Waals surface area contributed by atoms with Gasteiger partial charge in [0.05, 0.1) is 12.7 Å². The summed E-state index contributed by atoms with van der Waals surface area (Å²) in [7, 11) is 3.18. The van der Waals surface area contributed by atoms with E-state index < -0.39 is 0 Å². The Bertz CT molecular complexity index is 658. The number of amides is 1. The number of ether oxygens (including phenoxy) is 1. The van der Waals surface area contributed by atoms with E-state index in [2.05, 4.69) is 0 Å². The fourth-order valence-corrected chi connectivity index (χ4v) is 2.22. The molecular weight excluding hydrogens is 290 g/mol. The van der Waals surface area contributed by atoms with Crippen LogP contribution in [-0.4, -0.2) is 30.1 Å². The average Bonchev–Trinajstić information content (AvgIpc) is 2.46. The van der Waals surface area contributed by atoms with Crippen molar-refractivity contribution in [2.45, 2.75) is 6.54 Å². The summed E-state index contributed by atoms with van der Waals surface area (Å²) < 4.78 is 5.00. The fraction of sp³-hybridized carbons (Fsp3) is 0.188. The molecule has 0 aliphatic heterocycles. The number of rotatable bonds is 4. The Labute approximate surface area is 128 Å². The van der Waals surface area contributed by atoms with E-state index >= 15 is 0 Å². The Hall–Kier alpha value is -2.20. The first-order valence-corrected chi connectivity index (χ1v) is 6.76. The van der Waals surface area contributed by atoms with E-state index in [9.17, 15) is 9.90 Å². The highest BCUT2D eigenvalue weighted by Gasteiger charge is 2.16. The zero-order chi connectivity index (χ0) is 15.4.